The van der Waals surface area contributed by atoms with Crippen molar-refractivity contribution in [1.82, 2.24) is 14.5 Å². The molecule has 0 fully saturated rings. The molecule has 1 unspecified atom stereocenters. The largest absolute Gasteiger partial charge is 0.508 e. The molecule has 2 N–H and O–H groups in total. The van der Waals surface area contributed by atoms with Crippen LogP contribution in [0.25, 0.3) is 11.0 Å². The lowest BCUT2D eigenvalue weighted by atomic mass is 10.1. The predicted octanol–water partition coefficient (Wildman–Crippen LogP) is 4.42. The van der Waals surface area contributed by atoms with Crippen molar-refractivity contribution in [3.63, 3.8) is 0 Å². The molecule has 128 valence electrons. The fourth-order valence-corrected chi connectivity index (χ4v) is 2.92. The van der Waals surface area contributed by atoms with Crippen molar-refractivity contribution in [2.75, 3.05) is 5.32 Å². The molecule has 0 aliphatic carbocycles. The molecule has 0 saturated carbocycles. The average molecular weight is 356 g/mol. The van der Waals surface area contributed by atoms with Gasteiger partial charge in [0.1, 0.15) is 23.3 Å². The number of phenolic OH excluding ortho intramolecular Hbond substituents is 1. The minimum absolute atomic E-state index is 0.0938. The summed E-state index contributed by atoms with van der Waals surface area (Å²) in [5, 5.41) is 23.0. The number of nitriles is 1. The van der Waals surface area contributed by atoms with Crippen molar-refractivity contribution in [2.24, 2.45) is 0 Å². The number of fused-ring (bicyclic) bond motifs is 1. The number of nitrogens with one attached hydrogen (secondary N) is 1. The van der Waals surface area contributed by atoms with Crippen molar-refractivity contribution in [3.05, 3.63) is 46.9 Å². The summed E-state index contributed by atoms with van der Waals surface area (Å²) in [6.45, 7) is 6.01. The summed E-state index contributed by atoms with van der Waals surface area (Å²) in [7, 11) is 0. The van der Waals surface area contributed by atoms with Crippen LogP contribution in [0.3, 0.4) is 0 Å². The van der Waals surface area contributed by atoms with Gasteiger partial charge in [-0.15, -0.1) is 0 Å². The molecule has 3 rings (SSSR count). The molecule has 1 atom stereocenters. The monoisotopic (exact) mass is 355 g/mol. The van der Waals surface area contributed by atoms with Gasteiger partial charge in [0.2, 0.25) is 5.28 Å². The summed E-state index contributed by atoms with van der Waals surface area (Å²) in [4.78, 5) is 8.61. The molecule has 0 aliphatic heterocycles. The molecule has 0 radical (unpaired) electrons. The highest BCUT2D eigenvalue weighted by atomic mass is 35.5. The standard InChI is InChI=1S/C18H18ClN5O/c1-10(2)24-9-13(8-20)15-16(22-18(19)23-17(15)24)21-11(3)12-4-6-14(25)7-5-12/h4-7,9-11,25H,1-3H3,(H,21,22,23). The van der Waals surface area contributed by atoms with Crippen molar-refractivity contribution in [2.45, 2.75) is 32.9 Å². The van der Waals surface area contributed by atoms with E-state index in [-0.39, 0.29) is 23.1 Å². The Morgan fingerprint density at radius 1 is 1.20 bits per heavy atom. The first-order valence-corrected chi connectivity index (χ1v) is 8.32. The van der Waals surface area contributed by atoms with E-state index in [1.165, 1.54) is 0 Å². The third-order valence-corrected chi connectivity index (χ3v) is 4.24. The van der Waals surface area contributed by atoms with E-state index in [4.69, 9.17) is 11.6 Å². The molecule has 25 heavy (non-hydrogen) atoms. The van der Waals surface area contributed by atoms with Gasteiger partial charge in [-0.25, -0.2) is 0 Å². The van der Waals surface area contributed by atoms with Crippen LogP contribution in [0.15, 0.2) is 30.5 Å². The van der Waals surface area contributed by atoms with Crippen molar-refractivity contribution in [1.29, 1.82) is 5.26 Å². The molecule has 0 amide bonds. The number of phenols is 1. The van der Waals surface area contributed by atoms with Crippen LogP contribution in [0.2, 0.25) is 5.28 Å². The third kappa shape index (κ3) is 3.24. The lowest BCUT2D eigenvalue weighted by Gasteiger charge is -2.16. The van der Waals surface area contributed by atoms with Crippen LogP contribution < -0.4 is 5.32 Å². The fourth-order valence-electron chi connectivity index (χ4n) is 2.76. The maximum absolute atomic E-state index is 9.50. The summed E-state index contributed by atoms with van der Waals surface area (Å²) < 4.78 is 1.91. The first kappa shape index (κ1) is 17.1. The summed E-state index contributed by atoms with van der Waals surface area (Å²) in [6, 6.07) is 9.18. The molecule has 0 spiro atoms. The number of aromatic hydroxyl groups is 1. The van der Waals surface area contributed by atoms with Crippen LogP contribution in [0.1, 0.15) is 44.0 Å². The molecule has 0 bridgehead atoms. The zero-order chi connectivity index (χ0) is 18.1. The normalized spacial score (nSPS) is 12.3. The van der Waals surface area contributed by atoms with Gasteiger partial charge in [0.05, 0.1) is 10.9 Å². The Kier molecular flexibility index (Phi) is 4.51. The first-order chi connectivity index (χ1) is 11.9. The zero-order valence-electron chi connectivity index (χ0n) is 14.2. The second kappa shape index (κ2) is 6.61. The van der Waals surface area contributed by atoms with Gasteiger partial charge in [0.25, 0.3) is 0 Å². The molecule has 7 heteroatoms. The molecule has 2 aromatic heterocycles. The van der Waals surface area contributed by atoms with Crippen molar-refractivity contribution >= 4 is 28.5 Å². The number of hydrogen-bond acceptors (Lipinski definition) is 5. The van der Waals surface area contributed by atoms with Gasteiger partial charge in [0, 0.05) is 18.3 Å². The second-order valence-electron chi connectivity index (χ2n) is 6.15. The molecule has 2 heterocycles. The number of benzene rings is 1. The highest BCUT2D eigenvalue weighted by molar-refractivity contribution is 6.28. The Balaban J connectivity index is 2.09. The average Bonchev–Trinajstić information content (AvgIpc) is 2.94. The van der Waals surface area contributed by atoms with Gasteiger partial charge in [-0.2, -0.15) is 15.2 Å². The van der Waals surface area contributed by atoms with E-state index in [0.717, 1.165) is 5.56 Å². The Morgan fingerprint density at radius 2 is 1.88 bits per heavy atom. The van der Waals surface area contributed by atoms with Gasteiger partial charge < -0.3 is 15.0 Å². The van der Waals surface area contributed by atoms with E-state index in [1.807, 2.05) is 37.5 Å². The summed E-state index contributed by atoms with van der Waals surface area (Å²) in [5.41, 5.74) is 2.11. The van der Waals surface area contributed by atoms with Gasteiger partial charge >= 0.3 is 0 Å². The Labute approximate surface area is 150 Å². The van der Waals surface area contributed by atoms with Gasteiger partial charge in [-0.1, -0.05) is 12.1 Å². The quantitative estimate of drug-likeness (QED) is 0.676. The minimum atomic E-state index is -0.0938. The number of hydrogen-bond donors (Lipinski definition) is 2. The lowest BCUT2D eigenvalue weighted by Crippen LogP contribution is -2.09. The number of aromatic nitrogens is 3. The van der Waals surface area contributed by atoms with Crippen LogP contribution in [0, 0.1) is 11.3 Å². The SMILES string of the molecule is CC(Nc1nc(Cl)nc2c1c(C#N)cn2C(C)C)c1ccc(O)cc1. The predicted molar refractivity (Wildman–Crippen MR) is 97.8 cm³/mol. The minimum Gasteiger partial charge on any atom is -0.508 e. The topological polar surface area (TPSA) is 86.8 Å². The number of halogens is 1. The molecule has 6 nitrogen and oxygen atoms in total. The van der Waals surface area contributed by atoms with Gasteiger partial charge in [-0.05, 0) is 50.1 Å². The molecule has 1 aromatic carbocycles. The van der Waals surface area contributed by atoms with Gasteiger partial charge in [-0.3, -0.25) is 0 Å². The molecular formula is C18H18ClN5O. The van der Waals surface area contributed by atoms with Crippen LogP contribution in [0.4, 0.5) is 5.82 Å². The van der Waals surface area contributed by atoms with Gasteiger partial charge in [0.15, 0.2) is 0 Å². The highest BCUT2D eigenvalue weighted by Crippen LogP contribution is 2.31. The van der Waals surface area contributed by atoms with E-state index in [0.29, 0.717) is 22.4 Å². The fraction of sp³-hybridized carbons (Fsp3) is 0.278. The maximum Gasteiger partial charge on any atom is 0.226 e. The first-order valence-electron chi connectivity index (χ1n) is 7.94. The van der Waals surface area contributed by atoms with E-state index in [2.05, 4.69) is 21.4 Å². The third-order valence-electron chi connectivity index (χ3n) is 4.07. The summed E-state index contributed by atoms with van der Waals surface area (Å²) in [6.07, 6.45) is 1.77. The molecule has 0 saturated heterocycles. The summed E-state index contributed by atoms with van der Waals surface area (Å²) >= 11 is 6.11. The summed E-state index contributed by atoms with van der Waals surface area (Å²) in [5.74, 6) is 0.732. The highest BCUT2D eigenvalue weighted by Gasteiger charge is 2.19. The Hall–Kier alpha value is -2.78. The lowest BCUT2D eigenvalue weighted by molar-refractivity contribution is 0.475. The zero-order valence-corrected chi connectivity index (χ0v) is 14.9. The van der Waals surface area contributed by atoms with Crippen LogP contribution in [-0.4, -0.2) is 19.6 Å². The number of anilines is 1. The van der Waals surface area contributed by atoms with E-state index in [9.17, 15) is 10.4 Å². The van der Waals surface area contributed by atoms with Crippen molar-refractivity contribution < 1.29 is 5.11 Å². The molecule has 0 aliphatic rings. The van der Waals surface area contributed by atoms with E-state index < -0.39 is 0 Å². The van der Waals surface area contributed by atoms with Crippen LogP contribution in [-0.2, 0) is 0 Å². The number of nitrogens with zero attached hydrogens (tertiary/aromatic N) is 4. The van der Waals surface area contributed by atoms with Crippen molar-refractivity contribution in [3.8, 4) is 11.8 Å². The number of rotatable bonds is 4. The van der Waals surface area contributed by atoms with Crippen LogP contribution >= 0.6 is 11.6 Å². The van der Waals surface area contributed by atoms with Crippen LogP contribution in [0.5, 0.6) is 5.75 Å². The molecular weight excluding hydrogens is 338 g/mol. The maximum atomic E-state index is 9.50. The Bertz CT molecular complexity index is 956. The Morgan fingerprint density at radius 3 is 2.48 bits per heavy atom. The van der Waals surface area contributed by atoms with E-state index >= 15 is 0 Å². The van der Waals surface area contributed by atoms with E-state index in [1.54, 1.807) is 18.3 Å². The molecule has 3 aromatic rings. The smallest absolute Gasteiger partial charge is 0.226 e. The second-order valence-corrected chi connectivity index (χ2v) is 6.49.